The van der Waals surface area contributed by atoms with Gasteiger partial charge in [-0.05, 0) is 32.7 Å². The van der Waals surface area contributed by atoms with Gasteiger partial charge in [0, 0.05) is 20.1 Å². The van der Waals surface area contributed by atoms with E-state index < -0.39 is 17.6 Å². The molecule has 0 aromatic heterocycles. The van der Waals surface area contributed by atoms with Crippen molar-refractivity contribution in [3.8, 4) is 0 Å². The highest BCUT2D eigenvalue weighted by molar-refractivity contribution is 5.89. The van der Waals surface area contributed by atoms with Crippen molar-refractivity contribution >= 4 is 11.9 Å². The van der Waals surface area contributed by atoms with Crippen LogP contribution in [-0.2, 0) is 14.3 Å². The third-order valence-corrected chi connectivity index (χ3v) is 3.33. The highest BCUT2D eigenvalue weighted by atomic mass is 16.5. The van der Waals surface area contributed by atoms with Crippen LogP contribution >= 0.6 is 0 Å². The molecule has 1 saturated heterocycles. The van der Waals surface area contributed by atoms with Gasteiger partial charge in [-0.25, -0.2) is 4.79 Å². The molecule has 1 rings (SSSR count). The maximum absolute atomic E-state index is 12.1. The predicted molar refractivity (Wildman–Crippen MR) is 66.3 cm³/mol. The van der Waals surface area contributed by atoms with Gasteiger partial charge in [0.25, 0.3) is 0 Å². The molecule has 1 aliphatic heterocycles. The second-order valence-corrected chi connectivity index (χ2v) is 4.86. The van der Waals surface area contributed by atoms with Gasteiger partial charge in [0.2, 0.25) is 5.91 Å². The van der Waals surface area contributed by atoms with Crippen LogP contribution in [0.3, 0.4) is 0 Å². The number of carboxylic acids is 1. The largest absolute Gasteiger partial charge is 0.480 e. The Balaban J connectivity index is 2.56. The van der Waals surface area contributed by atoms with Crippen molar-refractivity contribution in [3.05, 3.63) is 0 Å². The summed E-state index contributed by atoms with van der Waals surface area (Å²) in [6.45, 7) is 2.91. The number of carboxylic acid groups (broad SMARTS) is 1. The van der Waals surface area contributed by atoms with Gasteiger partial charge in [-0.1, -0.05) is 0 Å². The van der Waals surface area contributed by atoms with Crippen molar-refractivity contribution in [2.24, 2.45) is 0 Å². The van der Waals surface area contributed by atoms with Crippen LogP contribution in [0.5, 0.6) is 0 Å². The summed E-state index contributed by atoms with van der Waals surface area (Å²) in [5.41, 5.74) is -0.654. The van der Waals surface area contributed by atoms with Crippen molar-refractivity contribution in [3.63, 3.8) is 0 Å². The van der Waals surface area contributed by atoms with E-state index in [0.717, 1.165) is 25.8 Å². The number of amides is 1. The van der Waals surface area contributed by atoms with E-state index in [1.807, 2.05) is 6.92 Å². The quantitative estimate of drug-likeness (QED) is 0.630. The second kappa shape index (κ2) is 6.70. The highest BCUT2D eigenvalue weighted by Crippen LogP contribution is 2.19. The minimum atomic E-state index is -1.03. The molecule has 2 atom stereocenters. The van der Waals surface area contributed by atoms with Gasteiger partial charge in [-0.15, -0.1) is 0 Å². The summed E-state index contributed by atoms with van der Waals surface area (Å²) in [6, 6.07) is -0.891. The molecule has 0 aliphatic carbocycles. The van der Waals surface area contributed by atoms with Crippen LogP contribution in [-0.4, -0.2) is 48.8 Å². The first-order valence-electron chi connectivity index (χ1n) is 6.27. The lowest BCUT2D eigenvalue weighted by Gasteiger charge is -2.34. The van der Waals surface area contributed by atoms with E-state index in [2.05, 4.69) is 10.6 Å². The SMILES string of the molecule is COCCC(NC(=O)C1(C)CCCCN1)C(=O)O. The fourth-order valence-corrected chi connectivity index (χ4v) is 2.06. The normalized spacial score (nSPS) is 25.4. The monoisotopic (exact) mass is 258 g/mol. The van der Waals surface area contributed by atoms with E-state index in [-0.39, 0.29) is 12.3 Å². The van der Waals surface area contributed by atoms with Crippen molar-refractivity contribution in [2.45, 2.75) is 44.2 Å². The third-order valence-electron chi connectivity index (χ3n) is 3.33. The second-order valence-electron chi connectivity index (χ2n) is 4.86. The summed E-state index contributed by atoms with van der Waals surface area (Å²) in [6.07, 6.45) is 3.03. The Bertz CT molecular complexity index is 300. The maximum atomic E-state index is 12.1. The van der Waals surface area contributed by atoms with Crippen molar-refractivity contribution < 1.29 is 19.4 Å². The van der Waals surface area contributed by atoms with E-state index in [0.29, 0.717) is 6.61 Å². The summed E-state index contributed by atoms with van der Waals surface area (Å²) in [4.78, 5) is 23.2. The molecule has 0 radical (unpaired) electrons. The third kappa shape index (κ3) is 3.96. The van der Waals surface area contributed by atoms with Crippen LogP contribution in [0.2, 0.25) is 0 Å². The number of carbonyl (C=O) groups excluding carboxylic acids is 1. The Morgan fingerprint density at radius 2 is 2.22 bits per heavy atom. The molecule has 6 nitrogen and oxygen atoms in total. The van der Waals surface area contributed by atoms with Crippen LogP contribution < -0.4 is 10.6 Å². The highest BCUT2D eigenvalue weighted by Gasteiger charge is 2.36. The smallest absolute Gasteiger partial charge is 0.326 e. The van der Waals surface area contributed by atoms with Gasteiger partial charge < -0.3 is 20.5 Å². The standard InChI is InChI=1S/C12H22N2O4/c1-12(6-3-4-7-13-12)11(17)14-9(10(15)16)5-8-18-2/h9,13H,3-8H2,1-2H3,(H,14,17)(H,15,16). The number of rotatable bonds is 6. The molecule has 0 saturated carbocycles. The van der Waals surface area contributed by atoms with Crippen LogP contribution in [0.4, 0.5) is 0 Å². The lowest BCUT2D eigenvalue weighted by atomic mass is 9.89. The predicted octanol–water partition coefficient (Wildman–Crippen LogP) is 0.125. The van der Waals surface area contributed by atoms with Crippen molar-refractivity contribution in [1.82, 2.24) is 10.6 Å². The molecule has 1 heterocycles. The zero-order valence-electron chi connectivity index (χ0n) is 11.0. The fraction of sp³-hybridized carbons (Fsp3) is 0.833. The molecule has 104 valence electrons. The van der Waals surface area contributed by atoms with Crippen molar-refractivity contribution in [2.75, 3.05) is 20.3 Å². The summed E-state index contributed by atoms with van der Waals surface area (Å²) in [5, 5.41) is 14.8. The topological polar surface area (TPSA) is 87.7 Å². The molecular weight excluding hydrogens is 236 g/mol. The van der Waals surface area contributed by atoms with E-state index >= 15 is 0 Å². The Kier molecular flexibility index (Phi) is 5.55. The lowest BCUT2D eigenvalue weighted by Crippen LogP contribution is -2.59. The van der Waals surface area contributed by atoms with Gasteiger partial charge in [0.05, 0.1) is 5.54 Å². The number of piperidine rings is 1. The average molecular weight is 258 g/mol. The molecule has 0 spiro atoms. The number of aliphatic carboxylic acids is 1. The number of ether oxygens (including phenoxy) is 1. The minimum Gasteiger partial charge on any atom is -0.480 e. The average Bonchev–Trinajstić information content (AvgIpc) is 2.34. The van der Waals surface area contributed by atoms with E-state index in [1.165, 1.54) is 7.11 Å². The Morgan fingerprint density at radius 3 is 2.72 bits per heavy atom. The van der Waals surface area contributed by atoms with Crippen LogP contribution in [0.15, 0.2) is 0 Å². The molecular formula is C12H22N2O4. The van der Waals surface area contributed by atoms with Gasteiger partial charge >= 0.3 is 5.97 Å². The summed E-state index contributed by atoms with van der Waals surface area (Å²) >= 11 is 0. The molecule has 1 aliphatic rings. The number of carbonyl (C=O) groups is 2. The fourth-order valence-electron chi connectivity index (χ4n) is 2.06. The first-order valence-corrected chi connectivity index (χ1v) is 6.27. The van der Waals surface area contributed by atoms with Gasteiger partial charge in [0.1, 0.15) is 6.04 Å². The molecule has 18 heavy (non-hydrogen) atoms. The molecule has 3 N–H and O–H groups in total. The van der Waals surface area contributed by atoms with Crippen molar-refractivity contribution in [1.29, 1.82) is 0 Å². The number of methoxy groups -OCH3 is 1. The summed E-state index contributed by atoms with van der Waals surface area (Å²) < 4.78 is 4.84. The Morgan fingerprint density at radius 1 is 1.50 bits per heavy atom. The first kappa shape index (κ1) is 14.9. The molecule has 1 fully saturated rings. The number of hydrogen-bond donors (Lipinski definition) is 3. The molecule has 1 amide bonds. The summed E-state index contributed by atoms with van der Waals surface area (Å²) in [7, 11) is 1.50. The number of nitrogens with one attached hydrogen (secondary N) is 2. The maximum Gasteiger partial charge on any atom is 0.326 e. The molecule has 2 unspecified atom stereocenters. The number of hydrogen-bond acceptors (Lipinski definition) is 4. The molecule has 0 bridgehead atoms. The molecule has 0 aromatic rings. The minimum absolute atomic E-state index is 0.245. The Hall–Kier alpha value is -1.14. The zero-order chi connectivity index (χ0) is 13.6. The molecule has 0 aromatic carbocycles. The van der Waals surface area contributed by atoms with E-state index in [1.54, 1.807) is 0 Å². The van der Waals surface area contributed by atoms with Gasteiger partial charge in [0.15, 0.2) is 0 Å². The van der Waals surface area contributed by atoms with Crippen LogP contribution in [0.25, 0.3) is 0 Å². The lowest BCUT2D eigenvalue weighted by molar-refractivity contribution is -0.143. The first-order chi connectivity index (χ1) is 8.49. The van der Waals surface area contributed by atoms with Gasteiger partial charge in [-0.2, -0.15) is 0 Å². The Labute approximate surface area is 107 Å². The van der Waals surface area contributed by atoms with E-state index in [4.69, 9.17) is 9.84 Å². The van der Waals surface area contributed by atoms with Crippen LogP contribution in [0.1, 0.15) is 32.6 Å². The van der Waals surface area contributed by atoms with Crippen LogP contribution in [0, 0.1) is 0 Å². The molecule has 6 heteroatoms. The van der Waals surface area contributed by atoms with Gasteiger partial charge in [-0.3, -0.25) is 4.79 Å². The zero-order valence-corrected chi connectivity index (χ0v) is 11.0. The summed E-state index contributed by atoms with van der Waals surface area (Å²) in [5.74, 6) is -1.27. The van der Waals surface area contributed by atoms with E-state index in [9.17, 15) is 9.59 Å².